The summed E-state index contributed by atoms with van der Waals surface area (Å²) >= 11 is 0. The van der Waals surface area contributed by atoms with E-state index in [1.807, 2.05) is 0 Å². The van der Waals surface area contributed by atoms with Crippen LogP contribution < -0.4 is 15.5 Å². The Hall–Kier alpha value is -4.72. The number of anilines is 1. The zero-order chi connectivity index (χ0) is 26.2. The lowest BCUT2D eigenvalue weighted by molar-refractivity contribution is -0.151. The van der Waals surface area contributed by atoms with E-state index in [9.17, 15) is 14.4 Å². The van der Waals surface area contributed by atoms with E-state index in [0.29, 0.717) is 22.2 Å². The van der Waals surface area contributed by atoms with Gasteiger partial charge in [-0.1, -0.05) is 5.16 Å². The topological polar surface area (TPSA) is 157 Å². The first-order valence-electron chi connectivity index (χ1n) is 11.9. The van der Waals surface area contributed by atoms with Crippen LogP contribution in [0.25, 0.3) is 28.0 Å². The van der Waals surface area contributed by atoms with Crippen molar-refractivity contribution in [1.82, 2.24) is 35.5 Å². The Morgan fingerprint density at radius 1 is 1.16 bits per heavy atom. The molecule has 4 amide bonds. The Labute approximate surface area is 212 Å². The molecule has 0 radical (unpaired) electrons. The summed E-state index contributed by atoms with van der Waals surface area (Å²) in [5, 5.41) is 13.1. The molecule has 14 heteroatoms. The number of benzene rings is 1. The number of amides is 4. The molecule has 2 fully saturated rings. The third kappa shape index (κ3) is 2.97. The summed E-state index contributed by atoms with van der Waals surface area (Å²) in [5.74, 6) is -1.96. The number of carbonyl (C=O) groups excluding carboxylic acids is 3. The standard InChI is InChI=1S/C24H19FN8O5/c1-11-19-24(21(34)29-23(36)30-22(24)35)7-12-6-14-18(16(25)17(12)32(19)4-5-37-11)38-31-20(14)33-10-13(8-28-33)15-9-26-2-3-27-15/h2-3,6,8-11,19H,4-5,7H2,1H3,(H2,29,30,34,35,36)/t11-,19+/m0/s1. The highest BCUT2D eigenvalue weighted by molar-refractivity contribution is 6.20. The normalized spacial score (nSPS) is 22.3. The van der Waals surface area contributed by atoms with Crippen molar-refractivity contribution in [3.63, 3.8) is 0 Å². The van der Waals surface area contributed by atoms with E-state index in [4.69, 9.17) is 9.26 Å². The summed E-state index contributed by atoms with van der Waals surface area (Å²) in [5.41, 5.74) is 0.0560. The summed E-state index contributed by atoms with van der Waals surface area (Å²) in [7, 11) is 0. The minimum atomic E-state index is -1.72. The Morgan fingerprint density at radius 3 is 2.74 bits per heavy atom. The number of hydrogen-bond donors (Lipinski definition) is 2. The molecule has 3 aliphatic rings. The number of aromatic nitrogens is 5. The van der Waals surface area contributed by atoms with Gasteiger partial charge in [0.1, 0.15) is 0 Å². The third-order valence-corrected chi connectivity index (χ3v) is 7.42. The number of ether oxygens (including phenoxy) is 1. The molecule has 0 aliphatic carbocycles. The molecule has 0 unspecified atom stereocenters. The van der Waals surface area contributed by atoms with E-state index >= 15 is 4.39 Å². The molecule has 7 rings (SSSR count). The van der Waals surface area contributed by atoms with Gasteiger partial charge in [-0.3, -0.25) is 30.2 Å². The summed E-state index contributed by atoms with van der Waals surface area (Å²) in [4.78, 5) is 48.5. The van der Waals surface area contributed by atoms with Gasteiger partial charge in [0.2, 0.25) is 23.2 Å². The fraction of sp³-hybridized carbons (Fsp3) is 0.292. The number of nitrogens with zero attached hydrogens (tertiary/aromatic N) is 6. The highest BCUT2D eigenvalue weighted by Gasteiger charge is 2.62. The SMILES string of the molecule is C[C@@H]1OCCN2c3c(cc4c(-n5cc(-c6cnccn6)cn5)noc4c3F)CC3(C(=O)NC(=O)NC3=O)[C@@H]12. The second-order valence-electron chi connectivity index (χ2n) is 9.45. The van der Waals surface area contributed by atoms with Crippen LogP contribution in [0, 0.1) is 11.2 Å². The van der Waals surface area contributed by atoms with E-state index in [1.54, 1.807) is 48.9 Å². The maximum Gasteiger partial charge on any atom is 0.328 e. The molecule has 6 heterocycles. The summed E-state index contributed by atoms with van der Waals surface area (Å²) in [6.45, 7) is 2.20. The van der Waals surface area contributed by atoms with Crippen LogP contribution in [-0.2, 0) is 20.7 Å². The first kappa shape index (κ1) is 22.5. The third-order valence-electron chi connectivity index (χ3n) is 7.42. The summed E-state index contributed by atoms with van der Waals surface area (Å²) in [6.07, 6.45) is 7.16. The Balaban J connectivity index is 1.40. The summed E-state index contributed by atoms with van der Waals surface area (Å²) in [6, 6.07) is -0.0991. The Kier molecular flexibility index (Phi) is 4.67. The maximum atomic E-state index is 16.1. The first-order valence-corrected chi connectivity index (χ1v) is 11.9. The van der Waals surface area contributed by atoms with Gasteiger partial charge in [-0.15, -0.1) is 0 Å². The molecule has 192 valence electrons. The average molecular weight is 518 g/mol. The van der Waals surface area contributed by atoms with Crippen LogP contribution >= 0.6 is 0 Å². The van der Waals surface area contributed by atoms with Crippen LogP contribution in [0.4, 0.5) is 14.9 Å². The molecule has 1 spiro atoms. The van der Waals surface area contributed by atoms with Gasteiger partial charge in [0.25, 0.3) is 0 Å². The van der Waals surface area contributed by atoms with Crippen LogP contribution in [0.5, 0.6) is 0 Å². The van der Waals surface area contributed by atoms with Crippen molar-refractivity contribution in [3.8, 4) is 17.1 Å². The van der Waals surface area contributed by atoms with Gasteiger partial charge in [0.15, 0.2) is 11.2 Å². The van der Waals surface area contributed by atoms with Crippen LogP contribution in [0.3, 0.4) is 0 Å². The predicted octanol–water partition coefficient (Wildman–Crippen LogP) is 1.11. The van der Waals surface area contributed by atoms with Crippen molar-refractivity contribution in [2.24, 2.45) is 5.41 Å². The lowest BCUT2D eigenvalue weighted by atomic mass is 9.66. The molecule has 2 saturated heterocycles. The molecule has 4 aromatic rings. The van der Waals surface area contributed by atoms with E-state index in [1.165, 1.54) is 4.68 Å². The number of halogens is 1. The Bertz CT molecular complexity index is 1630. The highest BCUT2D eigenvalue weighted by Crippen LogP contribution is 2.48. The quantitative estimate of drug-likeness (QED) is 0.368. The van der Waals surface area contributed by atoms with Crippen molar-refractivity contribution in [3.05, 3.63) is 48.4 Å². The van der Waals surface area contributed by atoms with Crippen molar-refractivity contribution in [2.45, 2.75) is 25.5 Å². The van der Waals surface area contributed by atoms with Crippen LogP contribution in [0.2, 0.25) is 0 Å². The molecule has 1 aromatic carbocycles. The minimum Gasteiger partial charge on any atom is -0.374 e. The molecular weight excluding hydrogens is 499 g/mol. The maximum absolute atomic E-state index is 16.1. The van der Waals surface area contributed by atoms with Crippen LogP contribution in [-0.4, -0.2) is 68.0 Å². The molecule has 38 heavy (non-hydrogen) atoms. The second-order valence-corrected chi connectivity index (χ2v) is 9.45. The monoisotopic (exact) mass is 518 g/mol. The van der Waals surface area contributed by atoms with Gasteiger partial charge in [-0.25, -0.2) is 13.9 Å². The van der Waals surface area contributed by atoms with Crippen LogP contribution in [0.15, 0.2) is 41.6 Å². The number of urea groups is 1. The smallest absolute Gasteiger partial charge is 0.328 e. The number of nitrogens with one attached hydrogen (secondary N) is 2. The number of hydrogen-bond acceptors (Lipinski definition) is 10. The number of rotatable bonds is 2. The van der Waals surface area contributed by atoms with Gasteiger partial charge in [0, 0.05) is 37.1 Å². The van der Waals surface area contributed by atoms with E-state index in [2.05, 4.69) is 30.9 Å². The minimum absolute atomic E-state index is 0.0862. The molecule has 3 aliphatic heterocycles. The second kappa shape index (κ2) is 7.89. The zero-order valence-electron chi connectivity index (χ0n) is 19.8. The first-order chi connectivity index (χ1) is 18.4. The fourth-order valence-electron chi connectivity index (χ4n) is 5.83. The molecular formula is C24H19FN8O5. The largest absolute Gasteiger partial charge is 0.374 e. The van der Waals surface area contributed by atoms with E-state index < -0.39 is 41.2 Å². The molecule has 13 nitrogen and oxygen atoms in total. The number of fused-ring (bicyclic) bond motifs is 5. The highest BCUT2D eigenvalue weighted by atomic mass is 19.1. The van der Waals surface area contributed by atoms with Crippen molar-refractivity contribution in [2.75, 3.05) is 18.1 Å². The van der Waals surface area contributed by atoms with Crippen molar-refractivity contribution < 1.29 is 28.0 Å². The van der Waals surface area contributed by atoms with E-state index in [-0.39, 0.29) is 36.7 Å². The van der Waals surface area contributed by atoms with Crippen molar-refractivity contribution >= 4 is 34.5 Å². The fourth-order valence-corrected chi connectivity index (χ4v) is 5.83. The zero-order valence-corrected chi connectivity index (χ0v) is 19.8. The lowest BCUT2D eigenvalue weighted by Crippen LogP contribution is -2.74. The van der Waals surface area contributed by atoms with Gasteiger partial charge in [-0.05, 0) is 18.6 Å². The Morgan fingerprint density at radius 2 is 1.97 bits per heavy atom. The molecule has 2 atom stereocenters. The molecule has 0 bridgehead atoms. The van der Waals surface area contributed by atoms with E-state index in [0.717, 1.165) is 0 Å². The number of barbiturate groups is 1. The average Bonchev–Trinajstić information content (AvgIpc) is 3.55. The molecule has 3 aromatic heterocycles. The lowest BCUT2D eigenvalue weighted by Gasteiger charge is -2.54. The predicted molar refractivity (Wildman–Crippen MR) is 126 cm³/mol. The summed E-state index contributed by atoms with van der Waals surface area (Å²) < 4.78 is 28.8. The molecule has 2 N–H and O–H groups in total. The van der Waals surface area contributed by atoms with Gasteiger partial charge < -0.3 is 14.2 Å². The van der Waals surface area contributed by atoms with Gasteiger partial charge in [-0.2, -0.15) is 5.10 Å². The van der Waals surface area contributed by atoms with Gasteiger partial charge >= 0.3 is 6.03 Å². The number of carbonyl (C=O) groups is 3. The number of imide groups is 2. The number of morpholine rings is 1. The van der Waals surface area contributed by atoms with Crippen molar-refractivity contribution in [1.29, 1.82) is 0 Å². The van der Waals surface area contributed by atoms with Gasteiger partial charge in [0.05, 0.1) is 47.9 Å². The molecule has 0 saturated carbocycles. The van der Waals surface area contributed by atoms with Crippen LogP contribution in [0.1, 0.15) is 12.5 Å².